The summed E-state index contributed by atoms with van der Waals surface area (Å²) < 4.78 is 4.96. The number of benzene rings is 1. The van der Waals surface area contributed by atoms with Crippen LogP contribution in [0.25, 0.3) is 10.9 Å². The number of rotatable bonds is 3. The zero-order valence-electron chi connectivity index (χ0n) is 15.0. The summed E-state index contributed by atoms with van der Waals surface area (Å²) in [6.07, 6.45) is 1.23. The SMILES string of the molecule is Cc1cc(NC(=O)C2CCN(C(=O)c3ccc4ccccc4n3)CC2)no1. The van der Waals surface area contributed by atoms with E-state index in [1.807, 2.05) is 30.3 Å². The number of para-hydroxylation sites is 1. The van der Waals surface area contributed by atoms with Crippen molar-refractivity contribution in [3.05, 3.63) is 53.9 Å². The second kappa shape index (κ2) is 7.19. The third-order valence-electron chi connectivity index (χ3n) is 4.85. The molecule has 0 unspecified atom stereocenters. The van der Waals surface area contributed by atoms with Crippen LogP contribution in [-0.4, -0.2) is 39.9 Å². The summed E-state index contributed by atoms with van der Waals surface area (Å²) >= 11 is 0. The number of carbonyl (C=O) groups excluding carboxylic acids is 2. The topological polar surface area (TPSA) is 88.3 Å². The summed E-state index contributed by atoms with van der Waals surface area (Å²) in [6, 6.07) is 13.1. The van der Waals surface area contributed by atoms with E-state index in [0.29, 0.717) is 43.2 Å². The van der Waals surface area contributed by atoms with Crippen LogP contribution in [0.15, 0.2) is 47.0 Å². The molecule has 1 aliphatic rings. The highest BCUT2D eigenvalue weighted by Gasteiger charge is 2.28. The summed E-state index contributed by atoms with van der Waals surface area (Å²) in [5.74, 6) is 0.756. The van der Waals surface area contributed by atoms with Crippen LogP contribution >= 0.6 is 0 Å². The number of carbonyl (C=O) groups is 2. The molecule has 0 aliphatic carbocycles. The predicted octanol–water partition coefficient (Wildman–Crippen LogP) is 3.02. The molecule has 2 amide bonds. The summed E-state index contributed by atoms with van der Waals surface area (Å²) in [5, 5.41) is 7.55. The van der Waals surface area contributed by atoms with E-state index in [0.717, 1.165) is 10.9 Å². The summed E-state index contributed by atoms with van der Waals surface area (Å²) in [7, 11) is 0. The van der Waals surface area contributed by atoms with E-state index >= 15 is 0 Å². The minimum Gasteiger partial charge on any atom is -0.360 e. The Hall–Kier alpha value is -3.22. The number of nitrogens with zero attached hydrogens (tertiary/aromatic N) is 3. The van der Waals surface area contributed by atoms with Crippen molar-refractivity contribution >= 4 is 28.5 Å². The van der Waals surface area contributed by atoms with Gasteiger partial charge in [-0.3, -0.25) is 9.59 Å². The van der Waals surface area contributed by atoms with E-state index in [2.05, 4.69) is 15.5 Å². The van der Waals surface area contributed by atoms with E-state index in [1.54, 1.807) is 24.0 Å². The third kappa shape index (κ3) is 3.67. The minimum absolute atomic E-state index is 0.0840. The molecule has 0 saturated carbocycles. The van der Waals surface area contributed by atoms with Gasteiger partial charge < -0.3 is 14.7 Å². The van der Waals surface area contributed by atoms with Crippen LogP contribution in [0.2, 0.25) is 0 Å². The molecule has 4 rings (SSSR count). The molecule has 1 saturated heterocycles. The number of pyridine rings is 1. The maximum atomic E-state index is 12.8. The van der Waals surface area contributed by atoms with E-state index in [1.165, 1.54) is 0 Å². The van der Waals surface area contributed by atoms with Gasteiger partial charge in [-0.05, 0) is 31.9 Å². The Labute approximate surface area is 156 Å². The normalized spacial score (nSPS) is 15.1. The minimum atomic E-state index is -0.143. The van der Waals surface area contributed by atoms with Gasteiger partial charge >= 0.3 is 0 Å². The molecule has 0 atom stereocenters. The fourth-order valence-corrected chi connectivity index (χ4v) is 3.35. The molecule has 1 aromatic carbocycles. The molecule has 0 spiro atoms. The first-order valence-corrected chi connectivity index (χ1v) is 8.99. The Bertz CT molecular complexity index is 990. The van der Waals surface area contributed by atoms with Crippen molar-refractivity contribution in [3.8, 4) is 0 Å². The largest absolute Gasteiger partial charge is 0.360 e. The Morgan fingerprint density at radius 3 is 2.67 bits per heavy atom. The van der Waals surface area contributed by atoms with Crippen molar-refractivity contribution in [1.29, 1.82) is 0 Å². The van der Waals surface area contributed by atoms with Gasteiger partial charge in [0, 0.05) is 30.5 Å². The van der Waals surface area contributed by atoms with Gasteiger partial charge in [0.2, 0.25) is 5.91 Å². The second-order valence-corrected chi connectivity index (χ2v) is 6.77. The number of aromatic nitrogens is 2. The number of hydrogen-bond acceptors (Lipinski definition) is 5. The van der Waals surface area contributed by atoms with Gasteiger partial charge in [-0.2, -0.15) is 0 Å². The summed E-state index contributed by atoms with van der Waals surface area (Å²) in [6.45, 7) is 2.83. The lowest BCUT2D eigenvalue weighted by Gasteiger charge is -2.31. The number of amides is 2. The Morgan fingerprint density at radius 1 is 1.15 bits per heavy atom. The molecule has 3 aromatic rings. The molecule has 1 N–H and O–H groups in total. The van der Waals surface area contributed by atoms with Crippen LogP contribution < -0.4 is 5.32 Å². The van der Waals surface area contributed by atoms with Crippen LogP contribution in [-0.2, 0) is 4.79 Å². The van der Waals surface area contributed by atoms with Crippen LogP contribution in [0.5, 0.6) is 0 Å². The smallest absolute Gasteiger partial charge is 0.272 e. The quantitative estimate of drug-likeness (QED) is 0.772. The molecule has 0 radical (unpaired) electrons. The fourth-order valence-electron chi connectivity index (χ4n) is 3.35. The van der Waals surface area contributed by atoms with Crippen molar-refractivity contribution in [2.45, 2.75) is 19.8 Å². The van der Waals surface area contributed by atoms with E-state index < -0.39 is 0 Å². The molecule has 7 nitrogen and oxygen atoms in total. The molecule has 7 heteroatoms. The Morgan fingerprint density at radius 2 is 1.93 bits per heavy atom. The number of nitrogens with one attached hydrogen (secondary N) is 1. The first-order valence-electron chi connectivity index (χ1n) is 8.99. The third-order valence-corrected chi connectivity index (χ3v) is 4.85. The molecular formula is C20H20N4O3. The van der Waals surface area contributed by atoms with Crippen molar-refractivity contribution in [1.82, 2.24) is 15.0 Å². The maximum absolute atomic E-state index is 12.8. The molecular weight excluding hydrogens is 344 g/mol. The molecule has 1 fully saturated rings. The van der Waals surface area contributed by atoms with Gasteiger partial charge in [-0.15, -0.1) is 0 Å². The van der Waals surface area contributed by atoms with E-state index in [-0.39, 0.29) is 17.7 Å². The number of fused-ring (bicyclic) bond motifs is 1. The number of anilines is 1. The van der Waals surface area contributed by atoms with Crippen LogP contribution in [0.1, 0.15) is 29.1 Å². The van der Waals surface area contributed by atoms with Gasteiger partial charge in [0.25, 0.3) is 5.91 Å². The lowest BCUT2D eigenvalue weighted by atomic mass is 9.95. The van der Waals surface area contributed by atoms with Gasteiger partial charge in [-0.1, -0.05) is 29.4 Å². The molecule has 27 heavy (non-hydrogen) atoms. The number of aryl methyl sites for hydroxylation is 1. The van der Waals surface area contributed by atoms with Crippen LogP contribution in [0.3, 0.4) is 0 Å². The molecule has 2 aromatic heterocycles. The van der Waals surface area contributed by atoms with Gasteiger partial charge in [-0.25, -0.2) is 4.98 Å². The Balaban J connectivity index is 1.37. The number of piperidine rings is 1. The number of likely N-dealkylation sites (tertiary alicyclic amines) is 1. The van der Waals surface area contributed by atoms with Crippen molar-refractivity contribution in [3.63, 3.8) is 0 Å². The van der Waals surface area contributed by atoms with Crippen LogP contribution in [0.4, 0.5) is 5.82 Å². The van der Waals surface area contributed by atoms with Crippen molar-refractivity contribution in [2.75, 3.05) is 18.4 Å². The average Bonchev–Trinajstić information content (AvgIpc) is 3.11. The van der Waals surface area contributed by atoms with Gasteiger partial charge in [0.15, 0.2) is 5.82 Å². The standard InChI is InChI=1S/C20H20N4O3/c1-13-12-18(23-27-13)22-19(25)15-8-10-24(11-9-15)20(26)17-7-6-14-4-2-3-5-16(14)21-17/h2-7,12,15H,8-11H2,1H3,(H,22,23,25). The van der Waals surface area contributed by atoms with E-state index in [9.17, 15) is 9.59 Å². The molecule has 138 valence electrons. The van der Waals surface area contributed by atoms with E-state index in [4.69, 9.17) is 4.52 Å². The molecule has 3 heterocycles. The lowest BCUT2D eigenvalue weighted by Crippen LogP contribution is -2.41. The monoisotopic (exact) mass is 364 g/mol. The average molecular weight is 364 g/mol. The second-order valence-electron chi connectivity index (χ2n) is 6.77. The van der Waals surface area contributed by atoms with Gasteiger partial charge in [0.05, 0.1) is 5.52 Å². The fraction of sp³-hybridized carbons (Fsp3) is 0.300. The lowest BCUT2D eigenvalue weighted by molar-refractivity contribution is -0.121. The summed E-state index contributed by atoms with van der Waals surface area (Å²) in [4.78, 5) is 31.4. The van der Waals surface area contributed by atoms with Crippen molar-refractivity contribution in [2.24, 2.45) is 5.92 Å². The highest BCUT2D eigenvalue weighted by atomic mass is 16.5. The predicted molar refractivity (Wildman–Crippen MR) is 100 cm³/mol. The first kappa shape index (κ1) is 17.2. The van der Waals surface area contributed by atoms with Crippen molar-refractivity contribution < 1.29 is 14.1 Å². The number of hydrogen-bond donors (Lipinski definition) is 1. The zero-order valence-corrected chi connectivity index (χ0v) is 15.0. The highest BCUT2D eigenvalue weighted by molar-refractivity contribution is 5.95. The highest BCUT2D eigenvalue weighted by Crippen LogP contribution is 2.21. The Kier molecular flexibility index (Phi) is 4.58. The summed E-state index contributed by atoms with van der Waals surface area (Å²) in [5.41, 5.74) is 1.25. The first-order chi connectivity index (χ1) is 13.1. The molecule has 0 bridgehead atoms. The maximum Gasteiger partial charge on any atom is 0.272 e. The zero-order chi connectivity index (χ0) is 18.8. The molecule has 1 aliphatic heterocycles. The van der Waals surface area contributed by atoms with Crippen LogP contribution in [0, 0.1) is 12.8 Å². The van der Waals surface area contributed by atoms with Gasteiger partial charge in [0.1, 0.15) is 11.5 Å².